The number of hydrogen-bond acceptors (Lipinski definition) is 2. The fourth-order valence-electron chi connectivity index (χ4n) is 2.27. The molecule has 68 valence electrons. The average Bonchev–Trinajstić information content (AvgIpc) is 2.05. The summed E-state index contributed by atoms with van der Waals surface area (Å²) in [4.78, 5) is 6.69. The molecular weight excluding hydrogens is 152 g/mol. The van der Waals surface area contributed by atoms with Crippen LogP contribution in [0.25, 0.3) is 0 Å². The van der Waals surface area contributed by atoms with Gasteiger partial charge < -0.3 is 16.4 Å². The fourth-order valence-corrected chi connectivity index (χ4v) is 2.27. The summed E-state index contributed by atoms with van der Waals surface area (Å²) in [5, 5.41) is 0. The van der Waals surface area contributed by atoms with Crippen LogP contribution in [0.2, 0.25) is 0 Å². The molecule has 4 nitrogen and oxygen atoms in total. The van der Waals surface area contributed by atoms with Gasteiger partial charge in [0.25, 0.3) is 0 Å². The van der Waals surface area contributed by atoms with Crippen LogP contribution in [0.5, 0.6) is 0 Å². The normalized spacial score (nSPS) is 39.5. The van der Waals surface area contributed by atoms with Crippen LogP contribution in [-0.2, 0) is 0 Å². The summed E-state index contributed by atoms with van der Waals surface area (Å²) in [5.41, 5.74) is 10.7. The number of hydrogen-bond donors (Lipinski definition) is 2. The average molecular weight is 168 g/mol. The molecule has 0 aliphatic carbocycles. The monoisotopic (exact) mass is 168 g/mol. The van der Waals surface area contributed by atoms with E-state index in [1.807, 2.05) is 0 Å². The minimum Gasteiger partial charge on any atom is -0.370 e. The van der Waals surface area contributed by atoms with Crippen LogP contribution in [-0.4, -0.2) is 36.5 Å². The van der Waals surface area contributed by atoms with Gasteiger partial charge in [0, 0.05) is 6.54 Å². The smallest absolute Gasteiger partial charge is 0.186 e. The molecule has 4 N–H and O–H groups in total. The second kappa shape index (κ2) is 2.94. The van der Waals surface area contributed by atoms with Crippen molar-refractivity contribution in [2.24, 2.45) is 22.4 Å². The molecule has 3 fully saturated rings. The Morgan fingerprint density at radius 3 is 2.33 bits per heavy atom. The maximum atomic E-state index is 5.36. The van der Waals surface area contributed by atoms with Crippen molar-refractivity contribution < 1.29 is 0 Å². The second-order valence-corrected chi connectivity index (χ2v) is 3.76. The molecule has 3 aliphatic heterocycles. The first-order valence-corrected chi connectivity index (χ1v) is 4.57. The molecule has 3 rings (SSSR count). The third-order valence-corrected chi connectivity index (χ3v) is 2.94. The minimum absolute atomic E-state index is 0.244. The van der Waals surface area contributed by atoms with Crippen molar-refractivity contribution in [1.29, 1.82) is 0 Å². The zero-order valence-electron chi connectivity index (χ0n) is 7.24. The molecule has 2 bridgehead atoms. The first-order chi connectivity index (χ1) is 5.75. The molecular formula is C8H16N4. The first-order valence-electron chi connectivity index (χ1n) is 4.57. The van der Waals surface area contributed by atoms with E-state index in [4.69, 9.17) is 11.5 Å². The largest absolute Gasteiger partial charge is 0.370 e. The highest BCUT2D eigenvalue weighted by atomic mass is 15.2. The zero-order chi connectivity index (χ0) is 8.55. The molecule has 3 aliphatic rings. The second-order valence-electron chi connectivity index (χ2n) is 3.76. The van der Waals surface area contributed by atoms with Crippen LogP contribution in [0.4, 0.5) is 0 Å². The van der Waals surface area contributed by atoms with Crippen molar-refractivity contribution in [2.45, 2.75) is 18.9 Å². The number of rotatable bonds is 1. The van der Waals surface area contributed by atoms with Crippen molar-refractivity contribution in [3.8, 4) is 0 Å². The van der Waals surface area contributed by atoms with Gasteiger partial charge in [0.05, 0.1) is 6.04 Å². The summed E-state index contributed by atoms with van der Waals surface area (Å²) in [5.74, 6) is 0.978. The van der Waals surface area contributed by atoms with E-state index < -0.39 is 0 Å². The van der Waals surface area contributed by atoms with E-state index in [-0.39, 0.29) is 5.96 Å². The molecule has 3 saturated heterocycles. The SMILES string of the molecule is NC(N)=N[C@H]1CN2CCC1CC2. The highest BCUT2D eigenvalue weighted by molar-refractivity contribution is 5.75. The molecule has 0 saturated carbocycles. The molecule has 0 spiro atoms. The van der Waals surface area contributed by atoms with Gasteiger partial charge in [0.15, 0.2) is 5.96 Å². The molecule has 12 heavy (non-hydrogen) atoms. The van der Waals surface area contributed by atoms with Crippen LogP contribution >= 0.6 is 0 Å². The van der Waals surface area contributed by atoms with Gasteiger partial charge >= 0.3 is 0 Å². The zero-order valence-corrected chi connectivity index (χ0v) is 7.24. The number of nitrogens with zero attached hydrogens (tertiary/aromatic N) is 2. The summed E-state index contributed by atoms with van der Waals surface area (Å²) in [6.45, 7) is 3.53. The number of nitrogens with two attached hydrogens (primary N) is 2. The minimum atomic E-state index is 0.244. The van der Waals surface area contributed by atoms with E-state index in [1.165, 1.54) is 25.9 Å². The lowest BCUT2D eigenvalue weighted by atomic mass is 9.84. The molecule has 3 heterocycles. The Morgan fingerprint density at radius 1 is 1.25 bits per heavy atom. The molecule has 0 amide bonds. The van der Waals surface area contributed by atoms with E-state index in [2.05, 4.69) is 9.89 Å². The van der Waals surface area contributed by atoms with Crippen molar-refractivity contribution in [1.82, 2.24) is 4.90 Å². The Labute approximate surface area is 72.6 Å². The highest BCUT2D eigenvalue weighted by Crippen LogP contribution is 2.29. The third-order valence-electron chi connectivity index (χ3n) is 2.94. The Bertz CT molecular complexity index is 189. The summed E-state index contributed by atoms with van der Waals surface area (Å²) in [6.07, 6.45) is 2.53. The maximum Gasteiger partial charge on any atom is 0.186 e. The summed E-state index contributed by atoms with van der Waals surface area (Å²) in [7, 11) is 0. The van der Waals surface area contributed by atoms with Crippen molar-refractivity contribution in [3.63, 3.8) is 0 Å². The van der Waals surface area contributed by atoms with Gasteiger partial charge in [-0.3, -0.25) is 0 Å². The van der Waals surface area contributed by atoms with Gasteiger partial charge in [-0.1, -0.05) is 0 Å². The van der Waals surface area contributed by atoms with Gasteiger partial charge in [-0.2, -0.15) is 0 Å². The van der Waals surface area contributed by atoms with E-state index >= 15 is 0 Å². The fraction of sp³-hybridized carbons (Fsp3) is 0.875. The third kappa shape index (κ3) is 1.39. The van der Waals surface area contributed by atoms with Crippen molar-refractivity contribution in [3.05, 3.63) is 0 Å². The van der Waals surface area contributed by atoms with Crippen LogP contribution in [0.3, 0.4) is 0 Å². The van der Waals surface area contributed by atoms with Gasteiger partial charge in [-0.15, -0.1) is 0 Å². The van der Waals surface area contributed by atoms with E-state index in [0.29, 0.717) is 6.04 Å². The molecule has 1 atom stereocenters. The number of guanidine groups is 1. The summed E-state index contributed by atoms with van der Waals surface area (Å²) < 4.78 is 0. The van der Waals surface area contributed by atoms with Crippen LogP contribution in [0.15, 0.2) is 4.99 Å². The van der Waals surface area contributed by atoms with Gasteiger partial charge in [-0.25, -0.2) is 4.99 Å². The molecule has 0 aromatic carbocycles. The maximum absolute atomic E-state index is 5.36. The summed E-state index contributed by atoms with van der Waals surface area (Å²) in [6, 6.07) is 0.373. The highest BCUT2D eigenvalue weighted by Gasteiger charge is 2.33. The van der Waals surface area contributed by atoms with Crippen LogP contribution in [0, 0.1) is 5.92 Å². The Kier molecular flexibility index (Phi) is 1.92. The molecule has 0 aromatic rings. The lowest BCUT2D eigenvalue weighted by Crippen LogP contribution is -2.50. The van der Waals surface area contributed by atoms with E-state index in [0.717, 1.165) is 12.5 Å². The number of fused-ring (bicyclic) bond motifs is 3. The van der Waals surface area contributed by atoms with Crippen LogP contribution in [0.1, 0.15) is 12.8 Å². The topological polar surface area (TPSA) is 67.6 Å². The van der Waals surface area contributed by atoms with Gasteiger partial charge in [0.2, 0.25) is 0 Å². The van der Waals surface area contributed by atoms with Gasteiger partial charge in [-0.05, 0) is 31.8 Å². The van der Waals surface area contributed by atoms with E-state index in [1.54, 1.807) is 0 Å². The Morgan fingerprint density at radius 2 is 1.92 bits per heavy atom. The molecule has 0 aromatic heterocycles. The molecule has 4 heteroatoms. The predicted octanol–water partition coefficient (Wildman–Crippen LogP) is -0.646. The van der Waals surface area contributed by atoms with Gasteiger partial charge in [0.1, 0.15) is 0 Å². The molecule has 0 unspecified atom stereocenters. The quantitative estimate of drug-likeness (QED) is 0.404. The Hall–Kier alpha value is -0.770. The Balaban J connectivity index is 2.04. The lowest BCUT2D eigenvalue weighted by Gasteiger charge is -2.42. The molecule has 0 radical (unpaired) electrons. The number of aliphatic imine (C=N–C) groups is 1. The van der Waals surface area contributed by atoms with Crippen molar-refractivity contribution in [2.75, 3.05) is 19.6 Å². The predicted molar refractivity (Wildman–Crippen MR) is 48.8 cm³/mol. The number of piperidine rings is 3. The summed E-state index contributed by atoms with van der Waals surface area (Å²) >= 11 is 0. The lowest BCUT2D eigenvalue weighted by molar-refractivity contribution is 0.0905. The standard InChI is InChI=1S/C8H16N4/c9-8(10)11-7-5-12-3-1-6(7)2-4-12/h6-7H,1-5H2,(H4,9,10,11)/t7-/m0/s1. The van der Waals surface area contributed by atoms with E-state index in [9.17, 15) is 0 Å². The van der Waals surface area contributed by atoms with Crippen LogP contribution < -0.4 is 11.5 Å². The first kappa shape index (κ1) is 7.86. The van der Waals surface area contributed by atoms with Crippen molar-refractivity contribution >= 4 is 5.96 Å².